The Kier molecular flexibility index (Phi) is 5.27. The van der Waals surface area contributed by atoms with Crippen LogP contribution in [0.25, 0.3) is 0 Å². The number of hydrogen-bond donors (Lipinski definition) is 3. The van der Waals surface area contributed by atoms with Crippen LogP contribution in [0, 0.1) is 36.0 Å². The standard InChI is InChI=1S/C11H16N2S.C7H8O3S/c12-11(13)14-10-5-6-4-9(10)8-3-1-2-7(6)8;1-6-2-4-7(5-3-6)11(8,9)10/h1,3,6-10H,2,4-5H2,(H3,12,13);2-5H,1H3,(H,8,9,10). The van der Waals surface area contributed by atoms with Gasteiger partial charge in [-0.1, -0.05) is 41.6 Å². The first-order chi connectivity index (χ1) is 11.8. The summed E-state index contributed by atoms with van der Waals surface area (Å²) >= 11 is 1.60. The van der Waals surface area contributed by atoms with Gasteiger partial charge in [0.2, 0.25) is 0 Å². The number of hydrogen-bond acceptors (Lipinski definition) is 4. The summed E-state index contributed by atoms with van der Waals surface area (Å²) in [6, 6.07) is 5.99. The molecule has 0 aromatic heterocycles. The van der Waals surface area contributed by atoms with Gasteiger partial charge in [-0.05, 0) is 62.0 Å². The van der Waals surface area contributed by atoms with Crippen LogP contribution in [0.4, 0.5) is 0 Å². The zero-order valence-electron chi connectivity index (χ0n) is 14.1. The van der Waals surface area contributed by atoms with E-state index in [1.807, 2.05) is 6.92 Å². The summed E-state index contributed by atoms with van der Waals surface area (Å²) in [6.45, 7) is 1.84. The van der Waals surface area contributed by atoms with Crippen LogP contribution in [0.3, 0.4) is 0 Å². The predicted octanol–water partition coefficient (Wildman–Crippen LogP) is 3.46. The van der Waals surface area contributed by atoms with Gasteiger partial charge in [-0.15, -0.1) is 0 Å². The van der Waals surface area contributed by atoms with E-state index < -0.39 is 10.1 Å². The first-order valence-electron chi connectivity index (χ1n) is 8.47. The second kappa shape index (κ2) is 7.13. The van der Waals surface area contributed by atoms with E-state index in [2.05, 4.69) is 12.2 Å². The van der Waals surface area contributed by atoms with Crippen molar-refractivity contribution in [3.05, 3.63) is 42.0 Å². The van der Waals surface area contributed by atoms with Crippen molar-refractivity contribution in [3.63, 3.8) is 0 Å². The first-order valence-corrected chi connectivity index (χ1v) is 10.8. The zero-order valence-corrected chi connectivity index (χ0v) is 15.8. The van der Waals surface area contributed by atoms with Crippen molar-refractivity contribution in [2.45, 2.75) is 36.3 Å². The molecule has 7 heteroatoms. The van der Waals surface area contributed by atoms with Gasteiger partial charge in [0, 0.05) is 5.25 Å². The fraction of sp³-hybridized carbons (Fsp3) is 0.500. The highest BCUT2D eigenvalue weighted by molar-refractivity contribution is 8.14. The number of benzene rings is 1. The summed E-state index contributed by atoms with van der Waals surface area (Å²) in [4.78, 5) is -0.0666. The maximum absolute atomic E-state index is 10.5. The van der Waals surface area contributed by atoms with Gasteiger partial charge >= 0.3 is 0 Å². The van der Waals surface area contributed by atoms with Gasteiger partial charge in [0.25, 0.3) is 10.1 Å². The Balaban J connectivity index is 0.000000151. The van der Waals surface area contributed by atoms with Gasteiger partial charge < -0.3 is 5.73 Å². The number of rotatable bonds is 2. The lowest BCUT2D eigenvalue weighted by Gasteiger charge is -2.30. The number of nitrogens with two attached hydrogens (primary N) is 1. The average molecular weight is 381 g/mol. The van der Waals surface area contributed by atoms with Crippen LogP contribution in [0.1, 0.15) is 24.8 Å². The molecule has 3 aliphatic rings. The van der Waals surface area contributed by atoms with Crippen molar-refractivity contribution >= 4 is 27.0 Å². The fourth-order valence-electron chi connectivity index (χ4n) is 4.49. The minimum atomic E-state index is -4.02. The molecule has 1 aromatic carbocycles. The number of thioether (sulfide) groups is 1. The molecule has 136 valence electrons. The Labute approximate surface area is 153 Å². The molecule has 0 aliphatic heterocycles. The van der Waals surface area contributed by atoms with E-state index in [9.17, 15) is 8.42 Å². The molecule has 2 fully saturated rings. The van der Waals surface area contributed by atoms with Crippen LogP contribution >= 0.6 is 11.8 Å². The molecule has 4 rings (SSSR count). The molecule has 0 saturated heterocycles. The molecule has 1 aromatic rings. The number of amidine groups is 1. The topological polar surface area (TPSA) is 104 Å². The van der Waals surface area contributed by atoms with Crippen molar-refractivity contribution in [1.82, 2.24) is 0 Å². The van der Waals surface area contributed by atoms with E-state index in [-0.39, 0.29) is 4.90 Å². The molecule has 3 aliphatic carbocycles. The summed E-state index contributed by atoms with van der Waals surface area (Å²) < 4.78 is 29.6. The van der Waals surface area contributed by atoms with Gasteiger partial charge in [0.15, 0.2) is 5.17 Å². The van der Waals surface area contributed by atoms with Crippen molar-refractivity contribution in [2.24, 2.45) is 29.4 Å². The molecule has 0 radical (unpaired) electrons. The molecule has 0 spiro atoms. The lowest BCUT2D eigenvalue weighted by atomic mass is 9.81. The molecular formula is C18H24N2O3S2. The third-order valence-corrected chi connectivity index (χ3v) is 7.51. The zero-order chi connectivity index (χ0) is 18.2. The van der Waals surface area contributed by atoms with Crippen molar-refractivity contribution in [2.75, 3.05) is 0 Å². The van der Waals surface area contributed by atoms with Gasteiger partial charge in [-0.3, -0.25) is 9.96 Å². The maximum atomic E-state index is 10.5. The smallest absolute Gasteiger partial charge is 0.294 e. The summed E-state index contributed by atoms with van der Waals surface area (Å²) in [6.07, 6.45) is 8.78. The van der Waals surface area contributed by atoms with Crippen LogP contribution < -0.4 is 5.73 Å². The maximum Gasteiger partial charge on any atom is 0.294 e. The molecule has 5 atom stereocenters. The van der Waals surface area contributed by atoms with E-state index in [0.717, 1.165) is 29.2 Å². The van der Waals surface area contributed by atoms with Gasteiger partial charge in [-0.25, -0.2) is 0 Å². The molecule has 0 amide bonds. The van der Waals surface area contributed by atoms with E-state index in [4.69, 9.17) is 15.7 Å². The largest absolute Gasteiger partial charge is 0.379 e. The highest BCUT2D eigenvalue weighted by atomic mass is 32.2. The summed E-state index contributed by atoms with van der Waals surface area (Å²) in [7, 11) is -4.02. The Morgan fingerprint density at radius 3 is 2.52 bits per heavy atom. The van der Waals surface area contributed by atoms with E-state index >= 15 is 0 Å². The minimum absolute atomic E-state index is 0.0666. The van der Waals surface area contributed by atoms with Gasteiger partial charge in [-0.2, -0.15) is 8.42 Å². The van der Waals surface area contributed by atoms with E-state index in [1.165, 1.54) is 31.4 Å². The lowest BCUT2D eigenvalue weighted by Crippen LogP contribution is -2.28. The molecule has 5 unspecified atom stereocenters. The summed E-state index contributed by atoms with van der Waals surface area (Å²) in [5, 5.41) is 8.30. The Hall–Kier alpha value is -1.31. The highest BCUT2D eigenvalue weighted by Crippen LogP contribution is 2.59. The molecule has 0 heterocycles. The second-order valence-corrected chi connectivity index (χ2v) is 9.81. The molecular weight excluding hydrogens is 356 g/mol. The van der Waals surface area contributed by atoms with Crippen LogP contribution in [-0.4, -0.2) is 23.4 Å². The minimum Gasteiger partial charge on any atom is -0.379 e. The third kappa shape index (κ3) is 4.10. The van der Waals surface area contributed by atoms with E-state index in [0.29, 0.717) is 10.4 Å². The fourth-order valence-corrected chi connectivity index (χ4v) is 6.11. The quantitative estimate of drug-likeness (QED) is 0.315. The van der Waals surface area contributed by atoms with Crippen molar-refractivity contribution in [3.8, 4) is 0 Å². The Morgan fingerprint density at radius 1 is 1.24 bits per heavy atom. The molecule has 2 bridgehead atoms. The average Bonchev–Trinajstić information content (AvgIpc) is 3.18. The van der Waals surface area contributed by atoms with Crippen molar-refractivity contribution < 1.29 is 13.0 Å². The van der Waals surface area contributed by atoms with Crippen LogP contribution in [0.2, 0.25) is 0 Å². The second-order valence-electron chi connectivity index (χ2n) is 7.11. The molecule has 4 N–H and O–H groups in total. The highest BCUT2D eigenvalue weighted by Gasteiger charge is 2.52. The third-order valence-electron chi connectivity index (χ3n) is 5.55. The molecule has 25 heavy (non-hydrogen) atoms. The van der Waals surface area contributed by atoms with Gasteiger partial charge in [0.1, 0.15) is 0 Å². The molecule has 5 nitrogen and oxygen atoms in total. The lowest BCUT2D eigenvalue weighted by molar-refractivity contribution is 0.292. The van der Waals surface area contributed by atoms with Crippen LogP contribution in [0.5, 0.6) is 0 Å². The van der Waals surface area contributed by atoms with E-state index in [1.54, 1.807) is 23.9 Å². The first kappa shape index (κ1) is 18.5. The van der Waals surface area contributed by atoms with Crippen LogP contribution in [0.15, 0.2) is 41.3 Å². The number of nitrogens with one attached hydrogen (secondary N) is 1. The Morgan fingerprint density at radius 2 is 1.92 bits per heavy atom. The van der Waals surface area contributed by atoms with Gasteiger partial charge in [0.05, 0.1) is 4.90 Å². The SMILES string of the molecule is Cc1ccc(S(=O)(=O)O)cc1.N=C(N)SC1CC2CC1C1C=CCC21. The molecule has 2 saturated carbocycles. The summed E-state index contributed by atoms with van der Waals surface area (Å²) in [5.41, 5.74) is 6.43. The van der Waals surface area contributed by atoms with Crippen LogP contribution in [-0.2, 0) is 10.1 Å². The predicted molar refractivity (Wildman–Crippen MR) is 101 cm³/mol. The monoisotopic (exact) mass is 380 g/mol. The normalized spacial score (nSPS) is 32.2. The van der Waals surface area contributed by atoms with Crippen molar-refractivity contribution in [1.29, 1.82) is 5.41 Å². The Bertz CT molecular complexity index is 774. The number of fused-ring (bicyclic) bond motifs is 5. The number of allylic oxidation sites excluding steroid dienone is 2. The summed E-state index contributed by atoms with van der Waals surface area (Å²) in [5.74, 6) is 3.52. The number of aryl methyl sites for hydroxylation is 1.